The Morgan fingerprint density at radius 3 is 2.75 bits per heavy atom. The van der Waals surface area contributed by atoms with Gasteiger partial charge in [-0.25, -0.2) is 0 Å². The quantitative estimate of drug-likeness (QED) is 0.774. The highest BCUT2D eigenvalue weighted by molar-refractivity contribution is 7.80. The first kappa shape index (κ1) is 12.8. The molecule has 1 atom stereocenters. The fourth-order valence-electron chi connectivity index (χ4n) is 1.35. The van der Waals surface area contributed by atoms with Crippen LogP contribution in [-0.4, -0.2) is 18.1 Å². The fourth-order valence-corrected chi connectivity index (χ4v) is 1.53. The lowest BCUT2D eigenvalue weighted by atomic mass is 10.1. The zero-order valence-corrected chi connectivity index (χ0v) is 10.7. The van der Waals surface area contributed by atoms with E-state index in [-0.39, 0.29) is 0 Å². The molecule has 0 aromatic heterocycles. The van der Waals surface area contributed by atoms with E-state index >= 15 is 0 Å². The van der Waals surface area contributed by atoms with Crippen molar-refractivity contribution in [1.82, 2.24) is 0 Å². The number of rotatable bonds is 5. The second-order valence-corrected chi connectivity index (χ2v) is 4.17. The monoisotopic (exact) mass is 238 g/mol. The minimum Gasteiger partial charge on any atom is -0.497 e. The molecule has 0 aliphatic carbocycles. The van der Waals surface area contributed by atoms with Crippen LogP contribution in [0, 0.1) is 0 Å². The predicted molar refractivity (Wildman–Crippen MR) is 72.3 cm³/mol. The van der Waals surface area contributed by atoms with Crippen molar-refractivity contribution in [3.05, 3.63) is 23.8 Å². The fraction of sp³-hybridized carbons (Fsp3) is 0.417. The maximum atomic E-state index is 5.67. The zero-order chi connectivity index (χ0) is 12.1. The minimum absolute atomic E-state index is 0.375. The summed E-state index contributed by atoms with van der Waals surface area (Å²) in [7, 11) is 1.64. The SMILES string of the molecule is CCC(C)Nc1cc(OC)ccc1C(N)=S. The van der Waals surface area contributed by atoms with Gasteiger partial charge in [-0.2, -0.15) is 0 Å². The second-order valence-electron chi connectivity index (χ2n) is 3.73. The standard InChI is InChI=1S/C12H18N2OS/c1-4-8(2)14-11-7-9(15-3)5-6-10(11)12(13)16/h5-8,14H,4H2,1-3H3,(H2,13,16). The van der Waals surface area contributed by atoms with E-state index in [1.54, 1.807) is 7.11 Å². The predicted octanol–water partition coefficient (Wildman–Crippen LogP) is 2.54. The summed E-state index contributed by atoms with van der Waals surface area (Å²) in [6, 6.07) is 6.03. The Hall–Kier alpha value is -1.29. The molecular weight excluding hydrogens is 220 g/mol. The number of nitrogens with two attached hydrogens (primary N) is 1. The largest absolute Gasteiger partial charge is 0.497 e. The smallest absolute Gasteiger partial charge is 0.120 e. The van der Waals surface area contributed by atoms with Crippen LogP contribution in [0.3, 0.4) is 0 Å². The molecule has 1 rings (SSSR count). The van der Waals surface area contributed by atoms with E-state index in [4.69, 9.17) is 22.7 Å². The van der Waals surface area contributed by atoms with Gasteiger partial charge in [-0.15, -0.1) is 0 Å². The Morgan fingerprint density at radius 2 is 2.25 bits per heavy atom. The van der Waals surface area contributed by atoms with Gasteiger partial charge in [-0.3, -0.25) is 0 Å². The van der Waals surface area contributed by atoms with Gasteiger partial charge in [0, 0.05) is 23.4 Å². The molecule has 3 nitrogen and oxygen atoms in total. The van der Waals surface area contributed by atoms with Gasteiger partial charge < -0.3 is 15.8 Å². The number of thiocarbonyl (C=S) groups is 1. The number of hydrogen-bond acceptors (Lipinski definition) is 3. The Morgan fingerprint density at radius 1 is 1.56 bits per heavy atom. The van der Waals surface area contributed by atoms with Crippen LogP contribution >= 0.6 is 12.2 Å². The summed E-state index contributed by atoms with van der Waals surface area (Å²) in [6.07, 6.45) is 1.04. The topological polar surface area (TPSA) is 47.3 Å². The Labute approximate surface area is 102 Å². The molecule has 0 aliphatic heterocycles. The summed E-state index contributed by atoms with van der Waals surface area (Å²) in [6.45, 7) is 4.24. The Kier molecular flexibility index (Phi) is 4.55. The highest BCUT2D eigenvalue weighted by atomic mass is 32.1. The molecule has 1 aromatic carbocycles. The number of nitrogens with one attached hydrogen (secondary N) is 1. The highest BCUT2D eigenvalue weighted by Gasteiger charge is 2.08. The van der Waals surface area contributed by atoms with E-state index in [1.807, 2.05) is 18.2 Å². The first-order valence-electron chi connectivity index (χ1n) is 5.32. The van der Waals surface area contributed by atoms with E-state index in [9.17, 15) is 0 Å². The van der Waals surface area contributed by atoms with E-state index < -0.39 is 0 Å². The molecular formula is C12H18N2OS. The molecule has 4 heteroatoms. The number of hydrogen-bond donors (Lipinski definition) is 2. The Balaban J connectivity index is 3.05. The van der Waals surface area contributed by atoms with E-state index in [2.05, 4.69) is 19.2 Å². The van der Waals surface area contributed by atoms with Crippen molar-refractivity contribution in [2.75, 3.05) is 12.4 Å². The molecule has 0 aliphatic rings. The lowest BCUT2D eigenvalue weighted by Gasteiger charge is -2.17. The van der Waals surface area contributed by atoms with Crippen LogP contribution in [0.25, 0.3) is 0 Å². The van der Waals surface area contributed by atoms with Crippen LogP contribution in [0.15, 0.2) is 18.2 Å². The lowest BCUT2D eigenvalue weighted by molar-refractivity contribution is 0.415. The average molecular weight is 238 g/mol. The van der Waals surface area contributed by atoms with Gasteiger partial charge in [0.25, 0.3) is 0 Å². The van der Waals surface area contributed by atoms with Gasteiger partial charge in [0.05, 0.1) is 7.11 Å². The van der Waals surface area contributed by atoms with Gasteiger partial charge in [-0.05, 0) is 25.5 Å². The van der Waals surface area contributed by atoms with Crippen molar-refractivity contribution in [2.45, 2.75) is 26.3 Å². The maximum Gasteiger partial charge on any atom is 0.120 e. The van der Waals surface area contributed by atoms with Crippen LogP contribution in [0.1, 0.15) is 25.8 Å². The molecule has 0 amide bonds. The van der Waals surface area contributed by atoms with Crippen molar-refractivity contribution in [3.8, 4) is 5.75 Å². The first-order chi connectivity index (χ1) is 7.58. The van der Waals surface area contributed by atoms with Crippen molar-refractivity contribution in [1.29, 1.82) is 0 Å². The van der Waals surface area contributed by atoms with E-state index in [1.165, 1.54) is 0 Å². The molecule has 0 radical (unpaired) electrons. The average Bonchev–Trinajstić information content (AvgIpc) is 2.28. The molecule has 3 N–H and O–H groups in total. The molecule has 1 aromatic rings. The minimum atomic E-state index is 0.375. The Bertz CT molecular complexity index is 379. The van der Waals surface area contributed by atoms with Crippen LogP contribution in [-0.2, 0) is 0 Å². The van der Waals surface area contributed by atoms with Crippen LogP contribution in [0.4, 0.5) is 5.69 Å². The molecule has 0 saturated heterocycles. The molecule has 0 fully saturated rings. The van der Waals surface area contributed by atoms with Gasteiger partial charge in [-0.1, -0.05) is 19.1 Å². The first-order valence-corrected chi connectivity index (χ1v) is 5.73. The molecule has 1 unspecified atom stereocenters. The number of ether oxygens (including phenoxy) is 1. The highest BCUT2D eigenvalue weighted by Crippen LogP contribution is 2.23. The van der Waals surface area contributed by atoms with Crippen molar-refractivity contribution < 1.29 is 4.74 Å². The van der Waals surface area contributed by atoms with Gasteiger partial charge >= 0.3 is 0 Å². The van der Waals surface area contributed by atoms with E-state index in [0.717, 1.165) is 23.4 Å². The molecule has 0 spiro atoms. The number of anilines is 1. The summed E-state index contributed by atoms with van der Waals surface area (Å²) < 4.78 is 5.18. The van der Waals surface area contributed by atoms with Crippen molar-refractivity contribution >= 4 is 22.9 Å². The van der Waals surface area contributed by atoms with Gasteiger partial charge in [0.15, 0.2) is 0 Å². The number of methoxy groups -OCH3 is 1. The van der Waals surface area contributed by atoms with Crippen molar-refractivity contribution in [3.63, 3.8) is 0 Å². The van der Waals surface area contributed by atoms with Crippen LogP contribution < -0.4 is 15.8 Å². The molecule has 0 heterocycles. The molecule has 0 bridgehead atoms. The van der Waals surface area contributed by atoms with Gasteiger partial charge in [0.1, 0.15) is 10.7 Å². The van der Waals surface area contributed by atoms with Crippen LogP contribution in [0.5, 0.6) is 5.75 Å². The second kappa shape index (κ2) is 5.70. The summed E-state index contributed by atoms with van der Waals surface area (Å²) in [4.78, 5) is 0.397. The summed E-state index contributed by atoms with van der Waals surface area (Å²) in [5.74, 6) is 0.797. The zero-order valence-electron chi connectivity index (χ0n) is 9.91. The molecule has 88 valence electrons. The maximum absolute atomic E-state index is 5.67. The number of benzene rings is 1. The van der Waals surface area contributed by atoms with Gasteiger partial charge in [0.2, 0.25) is 0 Å². The molecule has 0 saturated carbocycles. The molecule has 16 heavy (non-hydrogen) atoms. The van der Waals surface area contributed by atoms with Crippen molar-refractivity contribution in [2.24, 2.45) is 5.73 Å². The summed E-state index contributed by atoms with van der Waals surface area (Å²) >= 11 is 5.02. The third-order valence-electron chi connectivity index (χ3n) is 2.51. The summed E-state index contributed by atoms with van der Waals surface area (Å²) in [5.41, 5.74) is 7.46. The van der Waals surface area contributed by atoms with Crippen LogP contribution in [0.2, 0.25) is 0 Å². The lowest BCUT2D eigenvalue weighted by Crippen LogP contribution is -2.18. The third kappa shape index (κ3) is 3.10. The van der Waals surface area contributed by atoms with E-state index in [0.29, 0.717) is 11.0 Å². The third-order valence-corrected chi connectivity index (χ3v) is 2.73. The normalized spacial score (nSPS) is 11.9. The summed E-state index contributed by atoms with van der Waals surface area (Å²) in [5, 5.41) is 3.37.